The lowest BCUT2D eigenvalue weighted by atomic mass is 10.1. The minimum absolute atomic E-state index is 0.164. The van der Waals surface area contributed by atoms with Crippen LogP contribution in [0.25, 0.3) is 0 Å². The van der Waals surface area contributed by atoms with Crippen LogP contribution in [0.3, 0.4) is 0 Å². The Labute approximate surface area is 132 Å². The largest absolute Gasteiger partial charge is 0.480 e. The van der Waals surface area contributed by atoms with Crippen molar-refractivity contribution in [2.24, 2.45) is 0 Å². The molecule has 23 heavy (non-hydrogen) atoms. The van der Waals surface area contributed by atoms with Crippen LogP contribution in [0.15, 0.2) is 36.9 Å². The normalized spacial score (nSPS) is 12.5. The number of allylic oxidation sites excluding steroid dienone is 1. The van der Waals surface area contributed by atoms with Gasteiger partial charge in [-0.15, -0.1) is 6.58 Å². The number of carbonyl (C=O) groups is 2. The van der Waals surface area contributed by atoms with Crippen LogP contribution in [-0.2, 0) is 11.2 Å². The minimum Gasteiger partial charge on any atom is -0.480 e. The van der Waals surface area contributed by atoms with Crippen LogP contribution in [0.4, 0.5) is 13.2 Å². The van der Waals surface area contributed by atoms with E-state index in [-0.39, 0.29) is 18.4 Å². The fraction of sp³-hybridized carbons (Fsp3) is 0.375. The number of hydrogen-bond donors (Lipinski definition) is 2. The van der Waals surface area contributed by atoms with Gasteiger partial charge in [0.25, 0.3) is 5.91 Å². The summed E-state index contributed by atoms with van der Waals surface area (Å²) >= 11 is 0. The van der Waals surface area contributed by atoms with E-state index in [4.69, 9.17) is 5.11 Å². The van der Waals surface area contributed by atoms with Gasteiger partial charge in [-0.2, -0.15) is 13.2 Å². The summed E-state index contributed by atoms with van der Waals surface area (Å²) < 4.78 is 36.4. The predicted octanol–water partition coefficient (Wildman–Crippen LogP) is 3.33. The molecule has 0 aliphatic rings. The second kappa shape index (κ2) is 8.36. The SMILES string of the molecule is C=CCCC(NC(=O)c1ccc(CCC(F)(F)F)cc1)C(=O)O. The molecule has 1 aromatic rings. The highest BCUT2D eigenvalue weighted by molar-refractivity contribution is 5.96. The first-order valence-corrected chi connectivity index (χ1v) is 7.03. The van der Waals surface area contributed by atoms with Crippen molar-refractivity contribution < 1.29 is 27.9 Å². The zero-order chi connectivity index (χ0) is 17.5. The third kappa shape index (κ3) is 6.99. The molecule has 0 fully saturated rings. The molecule has 0 aliphatic heterocycles. The van der Waals surface area contributed by atoms with Gasteiger partial charge in [0.05, 0.1) is 0 Å². The van der Waals surface area contributed by atoms with E-state index in [1.165, 1.54) is 24.3 Å². The summed E-state index contributed by atoms with van der Waals surface area (Å²) in [6.45, 7) is 3.49. The molecule has 0 aromatic heterocycles. The van der Waals surface area contributed by atoms with Crippen molar-refractivity contribution >= 4 is 11.9 Å². The van der Waals surface area contributed by atoms with Gasteiger partial charge < -0.3 is 10.4 Å². The van der Waals surface area contributed by atoms with Crippen LogP contribution in [0.1, 0.15) is 35.2 Å². The van der Waals surface area contributed by atoms with Crippen molar-refractivity contribution in [3.05, 3.63) is 48.0 Å². The lowest BCUT2D eigenvalue weighted by Crippen LogP contribution is -2.40. The highest BCUT2D eigenvalue weighted by Gasteiger charge is 2.26. The number of carboxylic acids is 1. The number of aliphatic carboxylic acids is 1. The number of halogens is 3. The summed E-state index contributed by atoms with van der Waals surface area (Å²) in [4.78, 5) is 23.0. The topological polar surface area (TPSA) is 66.4 Å². The first kappa shape index (κ1) is 18.7. The molecule has 1 unspecified atom stereocenters. The molecule has 0 spiro atoms. The first-order valence-electron chi connectivity index (χ1n) is 7.03. The van der Waals surface area contributed by atoms with Gasteiger partial charge >= 0.3 is 12.1 Å². The summed E-state index contributed by atoms with van der Waals surface area (Å²) in [6.07, 6.45) is -3.11. The zero-order valence-corrected chi connectivity index (χ0v) is 12.4. The molecule has 7 heteroatoms. The highest BCUT2D eigenvalue weighted by atomic mass is 19.4. The van der Waals surface area contributed by atoms with Crippen molar-refractivity contribution in [1.82, 2.24) is 5.32 Å². The first-order chi connectivity index (χ1) is 10.7. The van der Waals surface area contributed by atoms with Crippen LogP contribution in [0.5, 0.6) is 0 Å². The van der Waals surface area contributed by atoms with Gasteiger partial charge in [0.1, 0.15) is 6.04 Å². The molecule has 0 radical (unpaired) electrons. The Balaban J connectivity index is 2.65. The fourth-order valence-corrected chi connectivity index (χ4v) is 1.89. The lowest BCUT2D eigenvalue weighted by molar-refractivity contribution is -0.139. The summed E-state index contributed by atoms with van der Waals surface area (Å²) in [5, 5.41) is 11.4. The average molecular weight is 329 g/mol. The highest BCUT2D eigenvalue weighted by Crippen LogP contribution is 2.22. The van der Waals surface area contributed by atoms with Crippen molar-refractivity contribution in [1.29, 1.82) is 0 Å². The van der Waals surface area contributed by atoms with E-state index in [0.717, 1.165) is 0 Å². The molecule has 2 N–H and O–H groups in total. The number of alkyl halides is 3. The van der Waals surface area contributed by atoms with Gasteiger partial charge in [-0.25, -0.2) is 4.79 Å². The quantitative estimate of drug-likeness (QED) is 0.719. The van der Waals surface area contributed by atoms with Crippen molar-refractivity contribution in [3.63, 3.8) is 0 Å². The Bertz CT molecular complexity index is 553. The van der Waals surface area contributed by atoms with Gasteiger partial charge in [-0.05, 0) is 37.0 Å². The molecule has 0 saturated heterocycles. The predicted molar refractivity (Wildman–Crippen MR) is 79.1 cm³/mol. The van der Waals surface area contributed by atoms with Gasteiger partial charge in [0, 0.05) is 12.0 Å². The molecule has 0 aliphatic carbocycles. The second-order valence-electron chi connectivity index (χ2n) is 5.04. The van der Waals surface area contributed by atoms with Gasteiger partial charge in [0.15, 0.2) is 0 Å². The van der Waals surface area contributed by atoms with Gasteiger partial charge in [0.2, 0.25) is 0 Å². The van der Waals surface area contributed by atoms with Crippen LogP contribution in [-0.4, -0.2) is 29.2 Å². The maximum absolute atomic E-state index is 12.1. The summed E-state index contributed by atoms with van der Waals surface area (Å²) in [5.74, 6) is -1.73. The van der Waals surface area contributed by atoms with Crippen molar-refractivity contribution in [2.75, 3.05) is 0 Å². The molecule has 1 atom stereocenters. The van der Waals surface area contributed by atoms with E-state index in [1.807, 2.05) is 0 Å². The Morgan fingerprint density at radius 1 is 1.26 bits per heavy atom. The Morgan fingerprint density at radius 3 is 2.35 bits per heavy atom. The van der Waals surface area contributed by atoms with Crippen molar-refractivity contribution in [3.8, 4) is 0 Å². The van der Waals surface area contributed by atoms with E-state index < -0.39 is 30.5 Å². The van der Waals surface area contributed by atoms with E-state index in [0.29, 0.717) is 12.0 Å². The second-order valence-corrected chi connectivity index (χ2v) is 5.04. The Hall–Kier alpha value is -2.31. The molecule has 0 heterocycles. The molecule has 0 bridgehead atoms. The summed E-state index contributed by atoms with van der Waals surface area (Å²) in [5.41, 5.74) is 0.658. The van der Waals surface area contributed by atoms with Crippen LogP contribution < -0.4 is 5.32 Å². The average Bonchev–Trinajstić information content (AvgIpc) is 2.48. The van der Waals surface area contributed by atoms with Crippen LogP contribution in [0.2, 0.25) is 0 Å². The molecule has 1 amide bonds. The third-order valence-electron chi connectivity index (χ3n) is 3.18. The van der Waals surface area contributed by atoms with E-state index in [9.17, 15) is 22.8 Å². The molecular formula is C16H18F3NO3. The van der Waals surface area contributed by atoms with Gasteiger partial charge in [-0.3, -0.25) is 4.79 Å². The van der Waals surface area contributed by atoms with Crippen LogP contribution in [0, 0.1) is 0 Å². The standard InChI is InChI=1S/C16H18F3NO3/c1-2-3-4-13(15(22)23)20-14(21)12-7-5-11(6-8-12)9-10-16(17,18)19/h2,5-8,13H,1,3-4,9-10H2,(H,20,21)(H,22,23). The maximum Gasteiger partial charge on any atom is 0.389 e. The molecular weight excluding hydrogens is 311 g/mol. The van der Waals surface area contributed by atoms with Gasteiger partial charge in [-0.1, -0.05) is 18.2 Å². The number of benzene rings is 1. The maximum atomic E-state index is 12.1. The van der Waals surface area contributed by atoms with E-state index >= 15 is 0 Å². The monoisotopic (exact) mass is 329 g/mol. The lowest BCUT2D eigenvalue weighted by Gasteiger charge is -2.14. The summed E-state index contributed by atoms with van der Waals surface area (Å²) in [7, 11) is 0. The number of hydrogen-bond acceptors (Lipinski definition) is 2. The third-order valence-corrected chi connectivity index (χ3v) is 3.18. The molecule has 4 nitrogen and oxygen atoms in total. The minimum atomic E-state index is -4.23. The number of nitrogens with one attached hydrogen (secondary N) is 1. The smallest absolute Gasteiger partial charge is 0.389 e. The van der Waals surface area contributed by atoms with E-state index in [1.54, 1.807) is 6.08 Å². The number of carbonyl (C=O) groups excluding carboxylic acids is 1. The number of amides is 1. The van der Waals surface area contributed by atoms with Crippen molar-refractivity contribution in [2.45, 2.75) is 37.9 Å². The Morgan fingerprint density at radius 2 is 1.87 bits per heavy atom. The van der Waals surface area contributed by atoms with E-state index in [2.05, 4.69) is 11.9 Å². The number of rotatable bonds is 8. The summed E-state index contributed by atoms with van der Waals surface area (Å²) in [6, 6.07) is 4.59. The zero-order valence-electron chi connectivity index (χ0n) is 12.4. The fourth-order valence-electron chi connectivity index (χ4n) is 1.89. The molecule has 1 rings (SSSR count). The Kier molecular flexibility index (Phi) is 6.81. The molecule has 0 saturated carbocycles. The van der Waals surface area contributed by atoms with Crippen LogP contribution >= 0.6 is 0 Å². The number of aryl methyl sites for hydroxylation is 1. The molecule has 1 aromatic carbocycles. The number of carboxylic acid groups (broad SMARTS) is 1. The molecule has 126 valence electrons.